The van der Waals surface area contributed by atoms with Gasteiger partial charge in [0.25, 0.3) is 0 Å². The number of hydrogen-bond donors (Lipinski definition) is 1. The maximum Gasteiger partial charge on any atom is 0.0306 e. The molecule has 1 atom stereocenters. The second-order valence-corrected chi connectivity index (χ2v) is 3.71. The lowest BCUT2D eigenvalue weighted by Crippen LogP contribution is -2.11. The van der Waals surface area contributed by atoms with Crippen molar-refractivity contribution >= 4 is 0 Å². The van der Waals surface area contributed by atoms with Gasteiger partial charge in [0.1, 0.15) is 0 Å². The van der Waals surface area contributed by atoms with E-state index in [2.05, 4.69) is 38.0 Å². The summed E-state index contributed by atoms with van der Waals surface area (Å²) < 4.78 is 0. The molecule has 0 spiro atoms. The van der Waals surface area contributed by atoms with Crippen molar-refractivity contribution in [3.8, 4) is 12.3 Å². The molecule has 1 aromatic carbocycles. The number of aryl methyl sites for hydroxylation is 2. The third-order valence-corrected chi connectivity index (χ3v) is 2.42. The van der Waals surface area contributed by atoms with Crippen molar-refractivity contribution in [3.63, 3.8) is 0 Å². The average molecular weight is 187 g/mol. The molecule has 0 aromatic heterocycles. The summed E-state index contributed by atoms with van der Waals surface area (Å²) >= 11 is 0. The molecule has 1 rings (SSSR count). The fourth-order valence-electron chi connectivity index (χ4n) is 1.64. The van der Waals surface area contributed by atoms with Gasteiger partial charge in [-0.3, -0.25) is 0 Å². The second kappa shape index (κ2) is 4.83. The van der Waals surface area contributed by atoms with Crippen molar-refractivity contribution in [1.82, 2.24) is 0 Å². The molecule has 1 nitrogen and oxygen atoms in total. The molecular weight excluding hydrogens is 170 g/mol. The van der Waals surface area contributed by atoms with Crippen LogP contribution in [0.5, 0.6) is 0 Å². The molecule has 0 aliphatic rings. The van der Waals surface area contributed by atoms with Crippen LogP contribution >= 0.6 is 0 Å². The molecular formula is C13H17N. The summed E-state index contributed by atoms with van der Waals surface area (Å²) in [4.78, 5) is 0. The van der Waals surface area contributed by atoms with E-state index in [1.54, 1.807) is 0 Å². The molecule has 0 saturated heterocycles. The predicted molar refractivity (Wildman–Crippen MR) is 60.9 cm³/mol. The van der Waals surface area contributed by atoms with Gasteiger partial charge in [-0.25, -0.2) is 0 Å². The van der Waals surface area contributed by atoms with Crippen molar-refractivity contribution < 1.29 is 0 Å². The highest BCUT2D eigenvalue weighted by atomic mass is 14.6. The standard InChI is InChI=1S/C13H17N/c1-4-5-6-13(14)12-8-7-10(2)9-11(12)3/h1,7-9,13H,5-6,14H2,2-3H3. The van der Waals surface area contributed by atoms with E-state index < -0.39 is 0 Å². The van der Waals surface area contributed by atoms with Gasteiger partial charge in [-0.1, -0.05) is 23.8 Å². The lowest BCUT2D eigenvalue weighted by Gasteiger charge is -2.13. The molecule has 1 unspecified atom stereocenters. The SMILES string of the molecule is C#CCCC(N)c1ccc(C)cc1C. The lowest BCUT2D eigenvalue weighted by atomic mass is 9.97. The van der Waals surface area contributed by atoms with Gasteiger partial charge in [0.15, 0.2) is 0 Å². The van der Waals surface area contributed by atoms with E-state index in [1.165, 1.54) is 16.7 Å². The number of rotatable bonds is 3. The number of benzene rings is 1. The number of terminal acetylenes is 1. The Bertz CT molecular complexity index is 347. The van der Waals surface area contributed by atoms with Gasteiger partial charge >= 0.3 is 0 Å². The fourth-order valence-corrected chi connectivity index (χ4v) is 1.64. The zero-order chi connectivity index (χ0) is 10.6. The Morgan fingerprint density at radius 3 is 2.71 bits per heavy atom. The Morgan fingerprint density at radius 1 is 1.43 bits per heavy atom. The highest BCUT2D eigenvalue weighted by Crippen LogP contribution is 2.20. The zero-order valence-electron chi connectivity index (χ0n) is 8.88. The number of hydrogen-bond acceptors (Lipinski definition) is 1. The lowest BCUT2D eigenvalue weighted by molar-refractivity contribution is 0.664. The molecule has 0 aliphatic heterocycles. The third-order valence-electron chi connectivity index (χ3n) is 2.42. The van der Waals surface area contributed by atoms with Gasteiger partial charge < -0.3 is 5.73 Å². The molecule has 0 aliphatic carbocycles. The summed E-state index contributed by atoms with van der Waals surface area (Å²) in [6.07, 6.45) is 6.82. The Balaban J connectivity index is 2.80. The van der Waals surface area contributed by atoms with Crippen LogP contribution in [0.4, 0.5) is 0 Å². The van der Waals surface area contributed by atoms with Gasteiger partial charge in [0.05, 0.1) is 0 Å². The quantitative estimate of drug-likeness (QED) is 0.723. The third kappa shape index (κ3) is 2.61. The Morgan fingerprint density at radius 2 is 2.14 bits per heavy atom. The van der Waals surface area contributed by atoms with E-state index >= 15 is 0 Å². The van der Waals surface area contributed by atoms with Crippen LogP contribution in [0, 0.1) is 26.2 Å². The minimum absolute atomic E-state index is 0.0756. The minimum Gasteiger partial charge on any atom is -0.324 e. The molecule has 1 heteroatoms. The van der Waals surface area contributed by atoms with Crippen molar-refractivity contribution in [2.45, 2.75) is 32.7 Å². The van der Waals surface area contributed by atoms with Gasteiger partial charge in [0.2, 0.25) is 0 Å². The first-order valence-electron chi connectivity index (χ1n) is 4.91. The van der Waals surface area contributed by atoms with E-state index in [0.717, 1.165) is 12.8 Å². The largest absolute Gasteiger partial charge is 0.324 e. The van der Waals surface area contributed by atoms with Crippen LogP contribution in [-0.2, 0) is 0 Å². The van der Waals surface area contributed by atoms with E-state index in [0.29, 0.717) is 0 Å². The van der Waals surface area contributed by atoms with Crippen molar-refractivity contribution in [2.75, 3.05) is 0 Å². The van der Waals surface area contributed by atoms with Gasteiger partial charge in [-0.15, -0.1) is 12.3 Å². The summed E-state index contributed by atoms with van der Waals surface area (Å²) in [7, 11) is 0. The van der Waals surface area contributed by atoms with Crippen LogP contribution in [0.15, 0.2) is 18.2 Å². The first-order valence-corrected chi connectivity index (χ1v) is 4.91. The molecule has 0 saturated carbocycles. The Hall–Kier alpha value is -1.26. The maximum absolute atomic E-state index is 6.04. The topological polar surface area (TPSA) is 26.0 Å². The van der Waals surface area contributed by atoms with Gasteiger partial charge in [-0.2, -0.15) is 0 Å². The van der Waals surface area contributed by atoms with E-state index in [9.17, 15) is 0 Å². The maximum atomic E-state index is 6.04. The normalized spacial score (nSPS) is 12.1. The minimum atomic E-state index is 0.0756. The molecule has 0 fully saturated rings. The molecule has 2 N–H and O–H groups in total. The summed E-state index contributed by atoms with van der Waals surface area (Å²) in [5, 5.41) is 0. The molecule has 0 amide bonds. The Labute approximate surface area is 86.3 Å². The fraction of sp³-hybridized carbons (Fsp3) is 0.385. The van der Waals surface area contributed by atoms with Crippen molar-refractivity contribution in [2.24, 2.45) is 5.73 Å². The monoisotopic (exact) mass is 187 g/mol. The van der Waals surface area contributed by atoms with Crippen LogP contribution < -0.4 is 5.73 Å². The van der Waals surface area contributed by atoms with Crippen LogP contribution in [0.2, 0.25) is 0 Å². The van der Waals surface area contributed by atoms with E-state index in [-0.39, 0.29) is 6.04 Å². The highest BCUT2D eigenvalue weighted by Gasteiger charge is 2.07. The number of nitrogens with two attached hydrogens (primary N) is 1. The van der Waals surface area contributed by atoms with Gasteiger partial charge in [0, 0.05) is 12.5 Å². The average Bonchev–Trinajstić information content (AvgIpc) is 2.14. The Kier molecular flexibility index (Phi) is 3.73. The first-order chi connectivity index (χ1) is 6.65. The smallest absolute Gasteiger partial charge is 0.0306 e. The zero-order valence-corrected chi connectivity index (χ0v) is 8.88. The predicted octanol–water partition coefficient (Wildman–Crippen LogP) is 2.72. The van der Waals surface area contributed by atoms with Gasteiger partial charge in [-0.05, 0) is 31.4 Å². The van der Waals surface area contributed by atoms with Crippen molar-refractivity contribution in [1.29, 1.82) is 0 Å². The summed E-state index contributed by atoms with van der Waals surface area (Å²) in [5.74, 6) is 2.62. The first kappa shape index (κ1) is 10.8. The molecule has 0 radical (unpaired) electrons. The van der Waals surface area contributed by atoms with E-state index in [4.69, 9.17) is 12.2 Å². The summed E-state index contributed by atoms with van der Waals surface area (Å²) in [5.41, 5.74) is 9.78. The van der Waals surface area contributed by atoms with Crippen LogP contribution in [0.1, 0.15) is 35.6 Å². The molecule has 0 bridgehead atoms. The molecule has 0 heterocycles. The summed E-state index contributed by atoms with van der Waals surface area (Å²) in [6, 6.07) is 6.43. The molecule has 1 aromatic rings. The summed E-state index contributed by atoms with van der Waals surface area (Å²) in [6.45, 7) is 4.18. The molecule has 74 valence electrons. The van der Waals surface area contributed by atoms with Crippen LogP contribution in [0.25, 0.3) is 0 Å². The van der Waals surface area contributed by atoms with Crippen LogP contribution in [0.3, 0.4) is 0 Å². The highest BCUT2D eigenvalue weighted by molar-refractivity contribution is 5.32. The van der Waals surface area contributed by atoms with E-state index in [1.807, 2.05) is 0 Å². The second-order valence-electron chi connectivity index (χ2n) is 3.71. The molecule has 14 heavy (non-hydrogen) atoms. The van der Waals surface area contributed by atoms with Crippen LogP contribution in [-0.4, -0.2) is 0 Å². The van der Waals surface area contributed by atoms with Crippen molar-refractivity contribution in [3.05, 3.63) is 34.9 Å².